The highest BCUT2D eigenvalue weighted by atomic mass is 79.9. The zero-order valence-electron chi connectivity index (χ0n) is 7.81. The van der Waals surface area contributed by atoms with Gasteiger partial charge < -0.3 is 10.2 Å². The molecule has 15 heavy (non-hydrogen) atoms. The number of benzene rings is 1. The third-order valence-corrected chi connectivity index (χ3v) is 3.34. The van der Waals surface area contributed by atoms with Crippen molar-refractivity contribution in [1.82, 2.24) is 4.98 Å². The molecule has 0 aliphatic rings. The Balaban J connectivity index is 2.28. The smallest absolute Gasteiger partial charge is 0.260 e. The van der Waals surface area contributed by atoms with Gasteiger partial charge in [0.2, 0.25) is 0 Å². The van der Waals surface area contributed by atoms with Gasteiger partial charge in [-0.2, -0.15) is 0 Å². The van der Waals surface area contributed by atoms with Gasteiger partial charge in [0, 0.05) is 15.9 Å². The molecule has 1 heterocycles. The number of hydrogen-bond donors (Lipinski definition) is 1. The summed E-state index contributed by atoms with van der Waals surface area (Å²) < 4.78 is 6.19. The lowest BCUT2D eigenvalue weighted by Gasteiger charge is -2.05. The third kappa shape index (κ3) is 2.62. The molecule has 0 fully saturated rings. The molecule has 2 aromatic rings. The van der Waals surface area contributed by atoms with Gasteiger partial charge in [-0.05, 0) is 35.5 Å². The van der Waals surface area contributed by atoms with E-state index in [1.165, 1.54) is 11.8 Å². The van der Waals surface area contributed by atoms with Crippen LogP contribution in [0.15, 0.2) is 49.7 Å². The maximum absolute atomic E-state index is 5.66. The SMILES string of the molecule is NCc1cc(Br)ccc1Sc1ncco1. The van der Waals surface area contributed by atoms with Crippen LogP contribution in [0.3, 0.4) is 0 Å². The minimum Gasteiger partial charge on any atom is -0.440 e. The van der Waals surface area contributed by atoms with Gasteiger partial charge in [-0.3, -0.25) is 0 Å². The van der Waals surface area contributed by atoms with Crippen molar-refractivity contribution in [2.45, 2.75) is 16.7 Å². The molecule has 0 saturated heterocycles. The normalized spacial score (nSPS) is 10.5. The molecule has 1 aromatic carbocycles. The first kappa shape index (κ1) is 10.7. The second kappa shape index (κ2) is 4.83. The Morgan fingerprint density at radius 1 is 1.47 bits per heavy atom. The molecular weight excluding hydrogens is 276 g/mol. The second-order valence-corrected chi connectivity index (χ2v) is 4.77. The molecule has 0 aliphatic heterocycles. The van der Waals surface area contributed by atoms with E-state index in [1.54, 1.807) is 12.5 Å². The summed E-state index contributed by atoms with van der Waals surface area (Å²) in [6.07, 6.45) is 3.19. The summed E-state index contributed by atoms with van der Waals surface area (Å²) in [6.45, 7) is 0.502. The zero-order chi connectivity index (χ0) is 10.7. The van der Waals surface area contributed by atoms with Gasteiger partial charge in [0.05, 0.1) is 6.20 Å². The molecule has 3 nitrogen and oxygen atoms in total. The Labute approximate surface area is 100 Å². The van der Waals surface area contributed by atoms with Crippen LogP contribution in [0.25, 0.3) is 0 Å². The van der Waals surface area contributed by atoms with E-state index in [2.05, 4.69) is 20.9 Å². The monoisotopic (exact) mass is 284 g/mol. The van der Waals surface area contributed by atoms with Crippen molar-refractivity contribution in [2.24, 2.45) is 5.73 Å². The fraction of sp³-hybridized carbons (Fsp3) is 0.100. The fourth-order valence-electron chi connectivity index (χ4n) is 1.16. The Morgan fingerprint density at radius 2 is 2.33 bits per heavy atom. The van der Waals surface area contributed by atoms with E-state index in [-0.39, 0.29) is 0 Å². The van der Waals surface area contributed by atoms with Gasteiger partial charge in [-0.15, -0.1) is 0 Å². The highest BCUT2D eigenvalue weighted by Gasteiger charge is 2.06. The number of nitrogens with zero attached hydrogens (tertiary/aromatic N) is 1. The summed E-state index contributed by atoms with van der Waals surface area (Å²) >= 11 is 4.89. The molecule has 2 N–H and O–H groups in total. The van der Waals surface area contributed by atoms with Gasteiger partial charge >= 0.3 is 0 Å². The van der Waals surface area contributed by atoms with E-state index >= 15 is 0 Å². The van der Waals surface area contributed by atoms with E-state index < -0.39 is 0 Å². The minimum absolute atomic E-state index is 0.502. The molecule has 0 radical (unpaired) electrons. The average molecular weight is 285 g/mol. The fourth-order valence-corrected chi connectivity index (χ4v) is 2.39. The van der Waals surface area contributed by atoms with Gasteiger partial charge in [-0.25, -0.2) is 4.98 Å². The largest absolute Gasteiger partial charge is 0.440 e. The van der Waals surface area contributed by atoms with Crippen LogP contribution in [0.1, 0.15) is 5.56 Å². The van der Waals surface area contributed by atoms with Crippen LogP contribution in [-0.2, 0) is 6.54 Å². The molecular formula is C10H9BrN2OS. The summed E-state index contributed by atoms with van der Waals surface area (Å²) in [7, 11) is 0. The number of oxazole rings is 1. The first-order chi connectivity index (χ1) is 7.29. The Kier molecular flexibility index (Phi) is 3.45. The van der Waals surface area contributed by atoms with Crippen LogP contribution in [-0.4, -0.2) is 4.98 Å². The van der Waals surface area contributed by atoms with Gasteiger partial charge in [0.1, 0.15) is 6.26 Å². The van der Waals surface area contributed by atoms with Gasteiger partial charge in [-0.1, -0.05) is 15.9 Å². The number of hydrogen-bond acceptors (Lipinski definition) is 4. The first-order valence-corrected chi connectivity index (χ1v) is 5.96. The van der Waals surface area contributed by atoms with Crippen molar-refractivity contribution in [2.75, 3.05) is 0 Å². The van der Waals surface area contributed by atoms with E-state index in [0.717, 1.165) is 14.9 Å². The Hall–Kier alpha value is -0.780. The Morgan fingerprint density at radius 3 is 3.00 bits per heavy atom. The predicted octanol–water partition coefficient (Wildman–Crippen LogP) is 3.05. The summed E-state index contributed by atoms with van der Waals surface area (Å²) in [4.78, 5) is 5.13. The maximum Gasteiger partial charge on any atom is 0.260 e. The number of rotatable bonds is 3. The molecule has 1 aromatic heterocycles. The molecule has 0 atom stereocenters. The van der Waals surface area contributed by atoms with Crippen molar-refractivity contribution in [3.63, 3.8) is 0 Å². The molecule has 0 unspecified atom stereocenters. The van der Waals surface area contributed by atoms with Crippen LogP contribution in [0.5, 0.6) is 0 Å². The number of nitrogens with two attached hydrogens (primary N) is 1. The number of aromatic nitrogens is 1. The van der Waals surface area contributed by atoms with Crippen molar-refractivity contribution in [3.05, 3.63) is 40.7 Å². The van der Waals surface area contributed by atoms with E-state index in [4.69, 9.17) is 10.2 Å². The van der Waals surface area contributed by atoms with Crippen LogP contribution in [0.2, 0.25) is 0 Å². The summed E-state index contributed by atoms with van der Waals surface area (Å²) in [6, 6.07) is 5.98. The highest BCUT2D eigenvalue weighted by Crippen LogP contribution is 2.30. The molecule has 0 bridgehead atoms. The van der Waals surface area contributed by atoms with Crippen LogP contribution in [0, 0.1) is 0 Å². The first-order valence-electron chi connectivity index (χ1n) is 4.35. The van der Waals surface area contributed by atoms with Crippen molar-refractivity contribution in [3.8, 4) is 0 Å². The lowest BCUT2D eigenvalue weighted by molar-refractivity contribution is 0.454. The summed E-state index contributed by atoms with van der Waals surface area (Å²) in [5.41, 5.74) is 6.74. The molecule has 0 spiro atoms. The van der Waals surface area contributed by atoms with Crippen molar-refractivity contribution < 1.29 is 4.42 Å². The minimum atomic E-state index is 0.502. The van der Waals surface area contributed by atoms with E-state index in [0.29, 0.717) is 11.8 Å². The molecule has 5 heteroatoms. The standard InChI is InChI=1S/C10H9BrN2OS/c11-8-1-2-9(7(5-8)6-12)15-10-13-3-4-14-10/h1-5H,6,12H2. The molecule has 0 amide bonds. The third-order valence-electron chi connectivity index (χ3n) is 1.85. The lowest BCUT2D eigenvalue weighted by Crippen LogP contribution is -1.98. The topological polar surface area (TPSA) is 52.0 Å². The van der Waals surface area contributed by atoms with Crippen molar-refractivity contribution >= 4 is 27.7 Å². The lowest BCUT2D eigenvalue weighted by atomic mass is 10.2. The van der Waals surface area contributed by atoms with E-state index in [9.17, 15) is 0 Å². The van der Waals surface area contributed by atoms with Crippen LogP contribution >= 0.6 is 27.7 Å². The van der Waals surface area contributed by atoms with Crippen LogP contribution < -0.4 is 5.73 Å². The highest BCUT2D eigenvalue weighted by molar-refractivity contribution is 9.10. The molecule has 0 aliphatic carbocycles. The van der Waals surface area contributed by atoms with Gasteiger partial charge in [0.25, 0.3) is 5.22 Å². The maximum atomic E-state index is 5.66. The second-order valence-electron chi connectivity index (χ2n) is 2.86. The average Bonchev–Trinajstić information content (AvgIpc) is 2.73. The summed E-state index contributed by atoms with van der Waals surface area (Å²) in [5.74, 6) is 0. The van der Waals surface area contributed by atoms with Crippen LogP contribution in [0.4, 0.5) is 0 Å². The van der Waals surface area contributed by atoms with E-state index in [1.807, 2.05) is 18.2 Å². The summed E-state index contributed by atoms with van der Waals surface area (Å²) in [5, 5.41) is 0.632. The Bertz CT molecular complexity index is 445. The zero-order valence-corrected chi connectivity index (χ0v) is 10.2. The number of halogens is 1. The molecule has 2 rings (SSSR count). The molecule has 0 saturated carbocycles. The predicted molar refractivity (Wildman–Crippen MR) is 62.7 cm³/mol. The van der Waals surface area contributed by atoms with Gasteiger partial charge in [0.15, 0.2) is 0 Å². The molecule has 78 valence electrons. The quantitative estimate of drug-likeness (QED) is 0.941. The van der Waals surface area contributed by atoms with Crippen molar-refractivity contribution in [1.29, 1.82) is 0 Å².